The monoisotopic (exact) mass is 586 g/mol. The van der Waals surface area contributed by atoms with Crippen LogP contribution in [0.2, 0.25) is 0 Å². The van der Waals surface area contributed by atoms with Gasteiger partial charge in [-0.15, -0.1) is 0 Å². The number of carbonyl (C=O) groups is 2. The largest absolute Gasteiger partial charge is 0.358 e. The number of anilines is 1. The molecule has 0 radical (unpaired) electrons. The molecule has 4 heterocycles. The van der Waals surface area contributed by atoms with Crippen molar-refractivity contribution in [1.82, 2.24) is 14.8 Å². The molecule has 0 bridgehead atoms. The number of likely N-dealkylation sites (tertiary alicyclic amines) is 1. The third-order valence-electron chi connectivity index (χ3n) is 8.78. The van der Waals surface area contributed by atoms with E-state index >= 15 is 0 Å². The summed E-state index contributed by atoms with van der Waals surface area (Å²) in [4.78, 5) is 35.8. The fourth-order valence-corrected chi connectivity index (χ4v) is 8.09. The van der Waals surface area contributed by atoms with Gasteiger partial charge in [0, 0.05) is 48.0 Å². The zero-order valence-corrected chi connectivity index (χ0v) is 25.1. The molecule has 1 aromatic heterocycles. The molecule has 0 aliphatic carbocycles. The Morgan fingerprint density at radius 2 is 1.74 bits per heavy atom. The van der Waals surface area contributed by atoms with E-state index in [0.717, 1.165) is 89.8 Å². The summed E-state index contributed by atoms with van der Waals surface area (Å²) in [6.07, 6.45) is 7.37. The molecule has 3 aliphatic heterocycles. The normalized spacial score (nSPS) is 18.6. The van der Waals surface area contributed by atoms with Gasteiger partial charge in [0.2, 0.25) is 0 Å². The molecule has 3 aromatic rings. The summed E-state index contributed by atoms with van der Waals surface area (Å²) in [6.45, 7) is 6.65. The highest BCUT2D eigenvalue weighted by atomic mass is 32.2. The molecule has 2 aromatic carbocycles. The van der Waals surface area contributed by atoms with Crippen LogP contribution in [0.15, 0.2) is 47.4 Å². The van der Waals surface area contributed by atoms with E-state index in [-0.39, 0.29) is 17.6 Å². The first-order valence-corrected chi connectivity index (χ1v) is 17.0. The quantitative estimate of drug-likeness (QED) is 0.261. The minimum Gasteiger partial charge on any atom is -0.358 e. The van der Waals surface area contributed by atoms with Crippen molar-refractivity contribution >= 4 is 50.1 Å². The molecule has 3 aliphatic rings. The Kier molecular flexibility index (Phi) is 7.85. The van der Waals surface area contributed by atoms with Gasteiger partial charge in [0.05, 0.1) is 11.1 Å². The van der Waals surface area contributed by atoms with Crippen LogP contribution in [0.4, 0.5) is 10.1 Å². The first-order valence-electron chi connectivity index (χ1n) is 14.8. The highest BCUT2D eigenvalue weighted by molar-refractivity contribution is 8.27. The maximum absolute atomic E-state index is 13.7. The molecule has 2 N–H and O–H groups in total. The lowest BCUT2D eigenvalue weighted by molar-refractivity contribution is -0.110. The molecule has 1 fully saturated rings. The number of piperidine rings is 1. The van der Waals surface area contributed by atoms with Gasteiger partial charge in [-0.25, -0.2) is 4.39 Å². The summed E-state index contributed by atoms with van der Waals surface area (Å²) in [5.74, 6) is 9.12. The smallest absolute Gasteiger partial charge is 0.256 e. The Labute approximate surface area is 248 Å². The van der Waals surface area contributed by atoms with Crippen molar-refractivity contribution in [3.8, 4) is 0 Å². The van der Waals surface area contributed by atoms with Crippen molar-refractivity contribution in [2.24, 2.45) is 0 Å². The number of benzene rings is 2. The molecule has 1 saturated heterocycles. The van der Waals surface area contributed by atoms with Crippen LogP contribution in [0.1, 0.15) is 64.1 Å². The van der Waals surface area contributed by atoms with Crippen LogP contribution in [-0.2, 0) is 17.0 Å². The number of carbonyl (C=O) groups excluding carboxylic acids is 2. The zero-order valence-electron chi connectivity index (χ0n) is 24.3. The summed E-state index contributed by atoms with van der Waals surface area (Å²) in [6, 6.07) is 12.3. The lowest BCUT2D eigenvalue weighted by Crippen LogP contribution is -2.40. The SMILES string of the molecule is C=S(=C)(Cc1ccc(F)cc1)c1ccc2c(c1)/C(=C/c1[nH]c3c(c1C)C(=O)N(CCN1CCCCC1)CCC3)C(=O)N2. The Morgan fingerprint density at radius 3 is 2.50 bits per heavy atom. The average Bonchev–Trinajstić information content (AvgIpc) is 3.40. The fraction of sp³-hybridized carbons (Fsp3) is 0.353. The summed E-state index contributed by atoms with van der Waals surface area (Å²) in [5.41, 5.74) is 6.47. The third kappa shape index (κ3) is 5.70. The van der Waals surface area contributed by atoms with Crippen LogP contribution in [0.3, 0.4) is 0 Å². The molecule has 0 spiro atoms. The van der Waals surface area contributed by atoms with Crippen LogP contribution < -0.4 is 5.32 Å². The summed E-state index contributed by atoms with van der Waals surface area (Å²) < 4.78 is 13.4. The van der Waals surface area contributed by atoms with E-state index in [1.807, 2.05) is 36.1 Å². The molecule has 6 rings (SSSR count). The van der Waals surface area contributed by atoms with Crippen molar-refractivity contribution < 1.29 is 14.0 Å². The molecule has 0 unspecified atom stereocenters. The van der Waals surface area contributed by atoms with Crippen LogP contribution in [0.25, 0.3) is 11.6 Å². The van der Waals surface area contributed by atoms with E-state index in [2.05, 4.69) is 26.9 Å². The van der Waals surface area contributed by atoms with Crippen molar-refractivity contribution in [1.29, 1.82) is 0 Å². The summed E-state index contributed by atoms with van der Waals surface area (Å²) in [7, 11) is -1.75. The fourth-order valence-electron chi connectivity index (χ4n) is 6.37. The Bertz CT molecular complexity index is 1660. The minimum atomic E-state index is -1.75. The number of nitrogens with one attached hydrogen (secondary N) is 2. The van der Waals surface area contributed by atoms with Gasteiger partial charge in [-0.3, -0.25) is 9.59 Å². The van der Waals surface area contributed by atoms with Gasteiger partial charge >= 0.3 is 0 Å². The highest BCUT2D eigenvalue weighted by Crippen LogP contribution is 2.42. The van der Waals surface area contributed by atoms with E-state index in [0.29, 0.717) is 11.3 Å². The van der Waals surface area contributed by atoms with E-state index in [9.17, 15) is 14.0 Å². The van der Waals surface area contributed by atoms with Crippen molar-refractivity contribution in [2.75, 3.05) is 38.0 Å². The number of nitrogens with zero attached hydrogens (tertiary/aromatic N) is 2. The molecule has 0 atom stereocenters. The van der Waals surface area contributed by atoms with Crippen LogP contribution in [0, 0.1) is 12.7 Å². The van der Waals surface area contributed by atoms with Crippen molar-refractivity contribution in [3.63, 3.8) is 0 Å². The number of aromatic amines is 1. The summed E-state index contributed by atoms with van der Waals surface area (Å²) in [5, 5.41) is 2.98. The van der Waals surface area contributed by atoms with E-state index in [1.54, 1.807) is 12.1 Å². The number of aryl methyl sites for hydroxylation is 1. The van der Waals surface area contributed by atoms with E-state index in [1.165, 1.54) is 31.4 Å². The number of fused-ring (bicyclic) bond motifs is 2. The molecule has 0 saturated carbocycles. The predicted octanol–water partition coefficient (Wildman–Crippen LogP) is 6.06. The first kappa shape index (κ1) is 28.5. The summed E-state index contributed by atoms with van der Waals surface area (Å²) >= 11 is 0. The number of hydrogen-bond acceptors (Lipinski definition) is 3. The molecule has 220 valence electrons. The second-order valence-electron chi connectivity index (χ2n) is 11.9. The molecule has 8 heteroatoms. The zero-order chi connectivity index (χ0) is 29.4. The Balaban J connectivity index is 1.27. The number of rotatable bonds is 7. The van der Waals surface area contributed by atoms with Crippen molar-refractivity contribution in [2.45, 2.75) is 49.7 Å². The number of amides is 2. The lowest BCUT2D eigenvalue weighted by Gasteiger charge is -2.29. The van der Waals surface area contributed by atoms with Gasteiger partial charge in [-0.2, -0.15) is 9.21 Å². The van der Waals surface area contributed by atoms with E-state index < -0.39 is 9.21 Å². The Morgan fingerprint density at radius 1 is 0.976 bits per heavy atom. The van der Waals surface area contributed by atoms with E-state index in [4.69, 9.17) is 0 Å². The van der Waals surface area contributed by atoms with Crippen LogP contribution in [0.5, 0.6) is 0 Å². The molecule has 6 nitrogen and oxygen atoms in total. The Hall–Kier alpha value is -3.62. The second-order valence-corrected chi connectivity index (χ2v) is 14.7. The lowest BCUT2D eigenvalue weighted by atomic mass is 10.0. The molecular formula is C34H39FN4O2S. The predicted molar refractivity (Wildman–Crippen MR) is 173 cm³/mol. The van der Waals surface area contributed by atoms with Gasteiger partial charge in [0.15, 0.2) is 0 Å². The first-order chi connectivity index (χ1) is 20.2. The maximum Gasteiger partial charge on any atom is 0.256 e. The standard InChI is InChI=1S/C34H39FN4O2S/c1-23-31(36-30-8-7-17-39(34(41)32(23)30)19-18-38-15-5-4-6-16-38)21-28-27-20-26(13-14-29(27)37-33(28)40)42(2,3)22-24-9-11-25(35)12-10-24/h9-14,20-21,36H,2-8,15-19,22H2,1H3,(H,37,40)/b28-21-. The molecule has 42 heavy (non-hydrogen) atoms. The highest BCUT2D eigenvalue weighted by Gasteiger charge is 2.30. The number of aromatic nitrogens is 1. The van der Waals surface area contributed by atoms with Gasteiger partial charge in [0.25, 0.3) is 11.8 Å². The number of H-pyrrole nitrogens is 1. The minimum absolute atomic E-state index is 0.0831. The second kappa shape index (κ2) is 11.6. The molecular weight excluding hydrogens is 547 g/mol. The molecule has 2 amide bonds. The van der Waals surface area contributed by atoms with Gasteiger partial charge in [-0.05, 0) is 98.1 Å². The van der Waals surface area contributed by atoms with Crippen LogP contribution >= 0.6 is 9.21 Å². The van der Waals surface area contributed by atoms with Crippen molar-refractivity contribution in [3.05, 3.63) is 81.9 Å². The average molecular weight is 587 g/mol. The van der Waals surface area contributed by atoms with Crippen LogP contribution in [-0.4, -0.2) is 71.1 Å². The topological polar surface area (TPSA) is 68.4 Å². The number of halogens is 1. The number of hydrogen-bond donors (Lipinski definition) is 2. The van der Waals surface area contributed by atoms with Gasteiger partial charge < -0.3 is 20.1 Å². The maximum atomic E-state index is 13.7. The van der Waals surface area contributed by atoms with Gasteiger partial charge in [0.1, 0.15) is 5.82 Å². The van der Waals surface area contributed by atoms with Gasteiger partial charge in [-0.1, -0.05) is 30.3 Å². The third-order valence-corrected chi connectivity index (χ3v) is 10.9.